The molecule has 2 amide bonds. The summed E-state index contributed by atoms with van der Waals surface area (Å²) in [6, 6.07) is 24.7. The van der Waals surface area contributed by atoms with Crippen molar-refractivity contribution in [2.75, 3.05) is 0 Å². The summed E-state index contributed by atoms with van der Waals surface area (Å²) in [5.74, 6) is 0. The second kappa shape index (κ2) is 8.71. The summed E-state index contributed by atoms with van der Waals surface area (Å²) in [4.78, 5) is 14.4. The summed E-state index contributed by atoms with van der Waals surface area (Å²) in [5, 5.41) is 0. The van der Waals surface area contributed by atoms with Crippen LogP contribution in [0.15, 0.2) is 89.8 Å². The van der Waals surface area contributed by atoms with Gasteiger partial charge in [0.05, 0.1) is 4.90 Å². The minimum Gasteiger partial charge on any atom is -0.315 e. The number of benzene rings is 3. The van der Waals surface area contributed by atoms with Gasteiger partial charge in [0.2, 0.25) is 0 Å². The first-order valence-electron chi connectivity index (χ1n) is 8.90. The molecule has 0 saturated carbocycles. The Morgan fingerprint density at radius 2 is 1.25 bits per heavy atom. The number of urea groups is 1. The highest BCUT2D eigenvalue weighted by molar-refractivity contribution is 7.90. The number of carbonyl (C=O) groups excluding carboxylic acids is 1. The third-order valence-electron chi connectivity index (χ3n) is 4.27. The van der Waals surface area contributed by atoms with Crippen molar-refractivity contribution in [2.45, 2.75) is 24.9 Å². The van der Waals surface area contributed by atoms with Gasteiger partial charge in [0.1, 0.15) is 0 Å². The van der Waals surface area contributed by atoms with Crippen LogP contribution in [0.3, 0.4) is 0 Å². The molecular weight excluding hydrogens is 372 g/mol. The summed E-state index contributed by atoms with van der Waals surface area (Å²) >= 11 is 0. The second-order valence-corrected chi connectivity index (χ2v) is 8.23. The molecule has 0 aromatic heterocycles. The number of amides is 2. The van der Waals surface area contributed by atoms with Gasteiger partial charge < -0.3 is 4.90 Å². The fourth-order valence-corrected chi connectivity index (χ4v) is 3.73. The van der Waals surface area contributed by atoms with Crippen molar-refractivity contribution < 1.29 is 13.2 Å². The van der Waals surface area contributed by atoms with E-state index in [9.17, 15) is 13.2 Å². The molecule has 0 saturated heterocycles. The van der Waals surface area contributed by atoms with E-state index in [0.29, 0.717) is 13.1 Å². The molecule has 0 aliphatic carbocycles. The molecule has 6 heteroatoms. The molecule has 0 heterocycles. The van der Waals surface area contributed by atoms with E-state index in [0.717, 1.165) is 16.7 Å². The van der Waals surface area contributed by atoms with E-state index < -0.39 is 16.1 Å². The lowest BCUT2D eigenvalue weighted by Gasteiger charge is -2.23. The lowest BCUT2D eigenvalue weighted by atomic mass is 10.2. The van der Waals surface area contributed by atoms with Crippen molar-refractivity contribution in [3.63, 3.8) is 0 Å². The Morgan fingerprint density at radius 1 is 0.786 bits per heavy atom. The van der Waals surface area contributed by atoms with Crippen LogP contribution in [-0.2, 0) is 23.1 Å². The first kappa shape index (κ1) is 19.6. The average molecular weight is 394 g/mol. The van der Waals surface area contributed by atoms with E-state index >= 15 is 0 Å². The quantitative estimate of drug-likeness (QED) is 0.685. The van der Waals surface area contributed by atoms with Gasteiger partial charge in [0, 0.05) is 13.1 Å². The number of sulfonamides is 1. The lowest BCUT2D eigenvalue weighted by Crippen LogP contribution is -2.42. The number of rotatable bonds is 6. The predicted molar refractivity (Wildman–Crippen MR) is 109 cm³/mol. The molecule has 0 radical (unpaired) electrons. The Hall–Kier alpha value is -3.12. The van der Waals surface area contributed by atoms with Crippen molar-refractivity contribution >= 4 is 16.1 Å². The van der Waals surface area contributed by atoms with Crippen LogP contribution in [-0.4, -0.2) is 19.3 Å². The smallest absolute Gasteiger partial charge is 0.315 e. The molecule has 28 heavy (non-hydrogen) atoms. The summed E-state index contributed by atoms with van der Waals surface area (Å²) in [5.41, 5.74) is 2.78. The summed E-state index contributed by atoms with van der Waals surface area (Å²) < 4.78 is 27.4. The Labute approximate surface area is 165 Å². The number of hydrogen-bond donors (Lipinski definition) is 1. The molecule has 0 spiro atoms. The van der Waals surface area contributed by atoms with Crippen molar-refractivity contribution in [1.82, 2.24) is 9.62 Å². The second-order valence-electron chi connectivity index (χ2n) is 6.55. The Balaban J connectivity index is 1.81. The highest BCUT2D eigenvalue weighted by atomic mass is 32.2. The average Bonchev–Trinajstić information content (AvgIpc) is 2.69. The third kappa shape index (κ3) is 5.20. The van der Waals surface area contributed by atoms with Crippen LogP contribution in [0, 0.1) is 6.92 Å². The highest BCUT2D eigenvalue weighted by Gasteiger charge is 2.22. The van der Waals surface area contributed by atoms with E-state index in [4.69, 9.17) is 0 Å². The maximum Gasteiger partial charge on any atom is 0.331 e. The topological polar surface area (TPSA) is 66.5 Å². The third-order valence-corrected chi connectivity index (χ3v) is 5.61. The van der Waals surface area contributed by atoms with Crippen molar-refractivity contribution in [3.8, 4) is 0 Å². The Kier molecular flexibility index (Phi) is 6.11. The summed E-state index contributed by atoms with van der Waals surface area (Å²) in [6.45, 7) is 2.46. The van der Waals surface area contributed by atoms with E-state index in [2.05, 4.69) is 4.72 Å². The van der Waals surface area contributed by atoms with Gasteiger partial charge in [-0.3, -0.25) is 0 Å². The van der Waals surface area contributed by atoms with Crippen LogP contribution in [0.25, 0.3) is 0 Å². The van der Waals surface area contributed by atoms with Crippen LogP contribution < -0.4 is 4.72 Å². The molecule has 0 unspecified atom stereocenters. The van der Waals surface area contributed by atoms with Crippen LogP contribution in [0.1, 0.15) is 16.7 Å². The molecule has 0 fully saturated rings. The van der Waals surface area contributed by atoms with E-state index in [1.807, 2.05) is 67.6 Å². The first-order valence-corrected chi connectivity index (χ1v) is 10.4. The zero-order valence-corrected chi connectivity index (χ0v) is 16.4. The normalized spacial score (nSPS) is 11.0. The Bertz CT molecular complexity index is 977. The molecule has 0 bridgehead atoms. The van der Waals surface area contributed by atoms with E-state index in [1.165, 1.54) is 17.0 Å². The molecule has 0 atom stereocenters. The maximum atomic E-state index is 12.8. The fraction of sp³-hybridized carbons (Fsp3) is 0.136. The summed E-state index contributed by atoms with van der Waals surface area (Å²) in [6.07, 6.45) is 0. The van der Waals surface area contributed by atoms with Crippen LogP contribution in [0.4, 0.5) is 4.79 Å². The SMILES string of the molecule is Cc1ccc(S(=O)(=O)NC(=O)N(Cc2ccccc2)Cc2ccccc2)cc1. The number of carbonyl (C=O) groups is 1. The molecule has 3 aromatic carbocycles. The minimum absolute atomic E-state index is 0.0609. The monoisotopic (exact) mass is 394 g/mol. The van der Waals surface area contributed by atoms with E-state index in [1.54, 1.807) is 12.1 Å². The highest BCUT2D eigenvalue weighted by Crippen LogP contribution is 2.14. The maximum absolute atomic E-state index is 12.8. The van der Waals surface area contributed by atoms with Gasteiger partial charge in [-0.15, -0.1) is 0 Å². The van der Waals surface area contributed by atoms with Crippen molar-refractivity contribution in [2.24, 2.45) is 0 Å². The van der Waals surface area contributed by atoms with Gasteiger partial charge >= 0.3 is 6.03 Å². The van der Waals surface area contributed by atoms with Gasteiger partial charge in [0.15, 0.2) is 0 Å². The fourth-order valence-electron chi connectivity index (χ4n) is 2.76. The molecule has 3 rings (SSSR count). The molecule has 0 aliphatic heterocycles. The van der Waals surface area contributed by atoms with Crippen LogP contribution >= 0.6 is 0 Å². The van der Waals surface area contributed by atoms with Crippen LogP contribution in [0.2, 0.25) is 0 Å². The largest absolute Gasteiger partial charge is 0.331 e. The van der Waals surface area contributed by atoms with E-state index in [-0.39, 0.29) is 4.90 Å². The first-order chi connectivity index (χ1) is 13.4. The number of hydrogen-bond acceptors (Lipinski definition) is 3. The molecule has 3 aromatic rings. The van der Waals surface area contributed by atoms with Gasteiger partial charge in [-0.05, 0) is 30.2 Å². The Morgan fingerprint density at radius 3 is 1.71 bits per heavy atom. The number of nitrogens with zero attached hydrogens (tertiary/aromatic N) is 1. The zero-order valence-electron chi connectivity index (χ0n) is 15.6. The predicted octanol–water partition coefficient (Wildman–Crippen LogP) is 4.10. The van der Waals surface area contributed by atoms with Gasteiger partial charge in [-0.2, -0.15) is 0 Å². The number of aryl methyl sites for hydroxylation is 1. The van der Waals surface area contributed by atoms with Gasteiger partial charge in [-0.1, -0.05) is 78.4 Å². The van der Waals surface area contributed by atoms with Gasteiger partial charge in [0.25, 0.3) is 10.0 Å². The van der Waals surface area contributed by atoms with Crippen LogP contribution in [0.5, 0.6) is 0 Å². The molecule has 1 N–H and O–H groups in total. The standard InChI is InChI=1S/C22H22N2O3S/c1-18-12-14-21(15-13-18)28(26,27)23-22(25)24(16-19-8-4-2-5-9-19)17-20-10-6-3-7-11-20/h2-15H,16-17H2,1H3,(H,23,25). The molecule has 144 valence electrons. The minimum atomic E-state index is -3.95. The lowest BCUT2D eigenvalue weighted by molar-refractivity contribution is 0.198. The van der Waals surface area contributed by atoms with Crippen molar-refractivity contribution in [1.29, 1.82) is 0 Å². The molecule has 0 aliphatic rings. The number of nitrogens with one attached hydrogen (secondary N) is 1. The molecular formula is C22H22N2O3S. The summed E-state index contributed by atoms with van der Waals surface area (Å²) in [7, 11) is -3.95. The van der Waals surface area contributed by atoms with Crippen molar-refractivity contribution in [3.05, 3.63) is 102 Å². The molecule has 5 nitrogen and oxygen atoms in total. The van der Waals surface area contributed by atoms with Gasteiger partial charge in [-0.25, -0.2) is 17.9 Å². The zero-order chi connectivity index (χ0) is 20.0.